The molecule has 32 heavy (non-hydrogen) atoms. The Morgan fingerprint density at radius 1 is 0.969 bits per heavy atom. The van der Waals surface area contributed by atoms with Crippen molar-refractivity contribution in [1.82, 2.24) is 15.1 Å². The van der Waals surface area contributed by atoms with Gasteiger partial charge in [-0.05, 0) is 67.8 Å². The van der Waals surface area contributed by atoms with Gasteiger partial charge in [0.1, 0.15) is 11.4 Å². The topological polar surface area (TPSA) is 56.1 Å². The van der Waals surface area contributed by atoms with Crippen LogP contribution in [0.2, 0.25) is 0 Å². The third-order valence-corrected chi connectivity index (χ3v) is 5.45. The molecule has 1 N–H and O–H groups in total. The Kier molecular flexibility index (Phi) is 6.36. The van der Waals surface area contributed by atoms with Crippen molar-refractivity contribution in [2.24, 2.45) is 0 Å². The monoisotopic (exact) mass is 425 g/mol. The molecular formula is C27H27N3O2. The number of benzene rings is 3. The molecule has 1 heterocycles. The van der Waals surface area contributed by atoms with Gasteiger partial charge in [0.25, 0.3) is 5.91 Å². The second kappa shape index (κ2) is 9.52. The zero-order valence-electron chi connectivity index (χ0n) is 18.6. The van der Waals surface area contributed by atoms with Gasteiger partial charge in [-0.1, -0.05) is 48.0 Å². The fourth-order valence-electron chi connectivity index (χ4n) is 3.73. The van der Waals surface area contributed by atoms with Gasteiger partial charge in [0, 0.05) is 12.1 Å². The fraction of sp³-hybridized carbons (Fsp3) is 0.185. The van der Waals surface area contributed by atoms with Crippen LogP contribution in [0.3, 0.4) is 0 Å². The molecule has 0 radical (unpaired) electrons. The molecule has 0 aliphatic carbocycles. The number of nitrogens with one attached hydrogen (secondary N) is 1. The number of ether oxygens (including phenoxy) is 1. The van der Waals surface area contributed by atoms with Gasteiger partial charge >= 0.3 is 0 Å². The number of aromatic nitrogens is 2. The predicted molar refractivity (Wildman–Crippen MR) is 128 cm³/mol. The maximum atomic E-state index is 13.2. The van der Waals surface area contributed by atoms with Gasteiger partial charge in [-0.15, -0.1) is 0 Å². The smallest absolute Gasteiger partial charge is 0.270 e. The minimum Gasteiger partial charge on any atom is -0.497 e. The third-order valence-electron chi connectivity index (χ3n) is 5.45. The Hall–Kier alpha value is -3.86. The number of amides is 1. The van der Waals surface area contributed by atoms with Crippen LogP contribution in [0.15, 0.2) is 78.9 Å². The number of rotatable bonds is 7. The van der Waals surface area contributed by atoms with Crippen molar-refractivity contribution in [2.45, 2.75) is 20.3 Å². The van der Waals surface area contributed by atoms with Gasteiger partial charge < -0.3 is 10.1 Å². The molecule has 0 atom stereocenters. The van der Waals surface area contributed by atoms with Crippen LogP contribution in [0.4, 0.5) is 0 Å². The number of aryl methyl sites for hydroxylation is 2. The summed E-state index contributed by atoms with van der Waals surface area (Å²) in [6.07, 6.45) is 0.773. The standard InChI is InChI=1S/C27H27N3O2/c1-19-9-14-25(20(2)17-19)30-26(27(31)28-16-15-21-7-5-4-6-8-21)18-24(29-30)22-10-12-23(32-3)13-11-22/h4-14,17-18H,15-16H2,1-3H3,(H,28,31). The molecule has 0 saturated heterocycles. The van der Waals surface area contributed by atoms with Gasteiger partial charge in [-0.3, -0.25) is 4.79 Å². The normalized spacial score (nSPS) is 10.7. The Morgan fingerprint density at radius 3 is 2.41 bits per heavy atom. The zero-order valence-corrected chi connectivity index (χ0v) is 18.6. The fourth-order valence-corrected chi connectivity index (χ4v) is 3.73. The largest absolute Gasteiger partial charge is 0.497 e. The van der Waals surface area contributed by atoms with E-state index in [1.165, 1.54) is 11.1 Å². The number of hydrogen-bond donors (Lipinski definition) is 1. The molecule has 0 saturated carbocycles. The van der Waals surface area contributed by atoms with E-state index in [-0.39, 0.29) is 5.91 Å². The summed E-state index contributed by atoms with van der Waals surface area (Å²) in [6, 6.07) is 25.8. The van der Waals surface area contributed by atoms with Crippen LogP contribution in [-0.4, -0.2) is 29.3 Å². The first-order valence-corrected chi connectivity index (χ1v) is 10.7. The number of carbonyl (C=O) groups is 1. The molecular weight excluding hydrogens is 398 g/mol. The van der Waals surface area contributed by atoms with E-state index in [9.17, 15) is 4.79 Å². The summed E-state index contributed by atoms with van der Waals surface area (Å²) < 4.78 is 7.00. The molecule has 0 aliphatic heterocycles. The van der Waals surface area contributed by atoms with Crippen molar-refractivity contribution >= 4 is 5.91 Å². The number of carbonyl (C=O) groups excluding carboxylic acids is 1. The van der Waals surface area contributed by atoms with E-state index in [2.05, 4.69) is 30.4 Å². The first-order valence-electron chi connectivity index (χ1n) is 10.7. The highest BCUT2D eigenvalue weighted by atomic mass is 16.5. The molecule has 0 aliphatic rings. The lowest BCUT2D eigenvalue weighted by Gasteiger charge is -2.11. The Labute approximate surface area is 188 Å². The molecule has 4 aromatic rings. The summed E-state index contributed by atoms with van der Waals surface area (Å²) >= 11 is 0. The van der Waals surface area contributed by atoms with Crippen LogP contribution < -0.4 is 10.1 Å². The second-order valence-electron chi connectivity index (χ2n) is 7.84. The molecule has 4 rings (SSSR count). The molecule has 5 heteroatoms. The van der Waals surface area contributed by atoms with Crippen molar-refractivity contribution in [3.05, 3.63) is 101 Å². The SMILES string of the molecule is COc1ccc(-c2cc(C(=O)NCCc3ccccc3)n(-c3ccc(C)cc3C)n2)cc1. The van der Waals surface area contributed by atoms with E-state index < -0.39 is 0 Å². The van der Waals surface area contributed by atoms with E-state index >= 15 is 0 Å². The number of nitrogens with zero attached hydrogens (tertiary/aromatic N) is 2. The van der Waals surface area contributed by atoms with Crippen molar-refractivity contribution < 1.29 is 9.53 Å². The molecule has 0 unspecified atom stereocenters. The quantitative estimate of drug-likeness (QED) is 0.446. The lowest BCUT2D eigenvalue weighted by molar-refractivity contribution is 0.0946. The minimum atomic E-state index is -0.145. The predicted octanol–water partition coefficient (Wildman–Crippen LogP) is 5.14. The van der Waals surface area contributed by atoms with Gasteiger partial charge in [-0.2, -0.15) is 5.10 Å². The molecule has 0 bridgehead atoms. The van der Waals surface area contributed by atoms with Crippen LogP contribution in [0.25, 0.3) is 16.9 Å². The summed E-state index contributed by atoms with van der Waals surface area (Å²) in [4.78, 5) is 13.2. The second-order valence-corrected chi connectivity index (χ2v) is 7.84. The number of hydrogen-bond acceptors (Lipinski definition) is 3. The zero-order chi connectivity index (χ0) is 22.5. The van der Waals surface area contributed by atoms with E-state index in [0.29, 0.717) is 12.2 Å². The van der Waals surface area contributed by atoms with E-state index in [4.69, 9.17) is 9.84 Å². The van der Waals surface area contributed by atoms with Crippen LogP contribution >= 0.6 is 0 Å². The summed E-state index contributed by atoms with van der Waals surface area (Å²) in [5.41, 5.74) is 6.48. The molecule has 3 aromatic carbocycles. The summed E-state index contributed by atoms with van der Waals surface area (Å²) in [6.45, 7) is 4.65. The van der Waals surface area contributed by atoms with Crippen molar-refractivity contribution in [2.75, 3.05) is 13.7 Å². The molecule has 1 aromatic heterocycles. The average molecular weight is 426 g/mol. The first kappa shape index (κ1) is 21.4. The Bertz CT molecular complexity index is 1210. The highest BCUT2D eigenvalue weighted by Gasteiger charge is 2.18. The van der Waals surface area contributed by atoms with E-state index in [1.807, 2.05) is 67.6 Å². The Balaban J connectivity index is 1.65. The molecule has 0 fully saturated rings. The summed E-state index contributed by atoms with van der Waals surface area (Å²) in [5, 5.41) is 7.85. The van der Waals surface area contributed by atoms with Gasteiger partial charge in [0.2, 0.25) is 0 Å². The van der Waals surface area contributed by atoms with Gasteiger partial charge in [-0.25, -0.2) is 4.68 Å². The lowest BCUT2D eigenvalue weighted by atomic mass is 10.1. The third kappa shape index (κ3) is 4.72. The van der Waals surface area contributed by atoms with E-state index in [0.717, 1.165) is 34.7 Å². The van der Waals surface area contributed by atoms with Crippen LogP contribution in [0.5, 0.6) is 5.75 Å². The maximum Gasteiger partial charge on any atom is 0.270 e. The van der Waals surface area contributed by atoms with Crippen LogP contribution in [-0.2, 0) is 6.42 Å². The average Bonchev–Trinajstić information content (AvgIpc) is 3.25. The molecule has 1 amide bonds. The molecule has 162 valence electrons. The highest BCUT2D eigenvalue weighted by Crippen LogP contribution is 2.25. The van der Waals surface area contributed by atoms with E-state index in [1.54, 1.807) is 11.8 Å². The minimum absolute atomic E-state index is 0.145. The lowest BCUT2D eigenvalue weighted by Crippen LogP contribution is -2.28. The highest BCUT2D eigenvalue weighted by molar-refractivity contribution is 5.94. The molecule has 0 spiro atoms. The molecule has 5 nitrogen and oxygen atoms in total. The van der Waals surface area contributed by atoms with Gasteiger partial charge in [0.05, 0.1) is 18.5 Å². The number of methoxy groups -OCH3 is 1. The Morgan fingerprint density at radius 2 is 1.72 bits per heavy atom. The van der Waals surface area contributed by atoms with Crippen LogP contribution in [0, 0.1) is 13.8 Å². The summed E-state index contributed by atoms with van der Waals surface area (Å²) in [7, 11) is 1.64. The maximum absolute atomic E-state index is 13.2. The van der Waals surface area contributed by atoms with Gasteiger partial charge in [0.15, 0.2) is 0 Å². The first-order chi connectivity index (χ1) is 15.5. The summed E-state index contributed by atoms with van der Waals surface area (Å²) in [5.74, 6) is 0.634. The van der Waals surface area contributed by atoms with Crippen molar-refractivity contribution in [3.63, 3.8) is 0 Å². The van der Waals surface area contributed by atoms with Crippen molar-refractivity contribution in [3.8, 4) is 22.7 Å². The van der Waals surface area contributed by atoms with Crippen LogP contribution in [0.1, 0.15) is 27.2 Å². The van der Waals surface area contributed by atoms with Crippen molar-refractivity contribution in [1.29, 1.82) is 0 Å².